The van der Waals surface area contributed by atoms with Crippen LogP contribution in [0.5, 0.6) is 0 Å². The monoisotopic (exact) mass is 353 g/mol. The zero-order chi connectivity index (χ0) is 15.6. The average Bonchev–Trinajstić information content (AvgIpc) is 2.85. The quantitative estimate of drug-likeness (QED) is 0.853. The van der Waals surface area contributed by atoms with E-state index in [2.05, 4.69) is 39.9 Å². The summed E-state index contributed by atoms with van der Waals surface area (Å²) in [6, 6.07) is 8.45. The van der Waals surface area contributed by atoms with Gasteiger partial charge < -0.3 is 11.5 Å². The van der Waals surface area contributed by atoms with E-state index in [1.54, 1.807) is 0 Å². The standard InChI is InChI=1S/C16H24BrN3O/c1-3-13(18)14(11-4-6-12(17)7-5-11)20-9-8-16(2,10-20)15(19)21/h4-7,13-14H,3,8-10,18H2,1-2H3,(H2,19,21). The number of nitrogens with zero attached hydrogens (tertiary/aromatic N) is 1. The Kier molecular flexibility index (Phi) is 5.07. The summed E-state index contributed by atoms with van der Waals surface area (Å²) in [4.78, 5) is 14.0. The second-order valence-corrected chi connectivity index (χ2v) is 7.13. The number of primary amides is 1. The highest BCUT2D eigenvalue weighted by atomic mass is 79.9. The van der Waals surface area contributed by atoms with Crippen LogP contribution in [0.2, 0.25) is 0 Å². The lowest BCUT2D eigenvalue weighted by atomic mass is 9.89. The van der Waals surface area contributed by atoms with Crippen molar-refractivity contribution in [3.8, 4) is 0 Å². The molecule has 0 aromatic heterocycles. The average molecular weight is 354 g/mol. The number of hydrogen-bond acceptors (Lipinski definition) is 3. The van der Waals surface area contributed by atoms with E-state index >= 15 is 0 Å². The molecule has 1 fully saturated rings. The van der Waals surface area contributed by atoms with E-state index < -0.39 is 5.41 Å². The van der Waals surface area contributed by atoms with E-state index in [-0.39, 0.29) is 18.0 Å². The Balaban J connectivity index is 2.26. The third-order valence-electron chi connectivity index (χ3n) is 4.58. The van der Waals surface area contributed by atoms with Crippen LogP contribution < -0.4 is 11.5 Å². The molecule has 5 heteroatoms. The van der Waals surface area contributed by atoms with Crippen LogP contribution in [0.1, 0.15) is 38.3 Å². The lowest BCUT2D eigenvalue weighted by molar-refractivity contribution is -0.126. The number of nitrogens with two attached hydrogens (primary N) is 2. The zero-order valence-corrected chi connectivity index (χ0v) is 14.3. The third-order valence-corrected chi connectivity index (χ3v) is 5.11. The van der Waals surface area contributed by atoms with Crippen molar-refractivity contribution in [3.63, 3.8) is 0 Å². The van der Waals surface area contributed by atoms with E-state index in [4.69, 9.17) is 11.5 Å². The maximum Gasteiger partial charge on any atom is 0.224 e. The van der Waals surface area contributed by atoms with Crippen LogP contribution >= 0.6 is 15.9 Å². The van der Waals surface area contributed by atoms with E-state index in [0.717, 1.165) is 23.9 Å². The molecule has 4 N–H and O–H groups in total. The molecular formula is C16H24BrN3O. The van der Waals surface area contributed by atoms with Crippen molar-refractivity contribution < 1.29 is 4.79 Å². The van der Waals surface area contributed by atoms with E-state index in [9.17, 15) is 4.79 Å². The highest BCUT2D eigenvalue weighted by molar-refractivity contribution is 9.10. The van der Waals surface area contributed by atoms with Crippen LogP contribution in [0.3, 0.4) is 0 Å². The summed E-state index contributed by atoms with van der Waals surface area (Å²) >= 11 is 3.46. The number of hydrogen-bond donors (Lipinski definition) is 2. The maximum atomic E-state index is 11.7. The second-order valence-electron chi connectivity index (χ2n) is 6.21. The third kappa shape index (κ3) is 3.47. The molecule has 1 aromatic rings. The first-order chi connectivity index (χ1) is 9.87. The van der Waals surface area contributed by atoms with E-state index in [0.29, 0.717) is 6.54 Å². The van der Waals surface area contributed by atoms with Crippen molar-refractivity contribution >= 4 is 21.8 Å². The summed E-state index contributed by atoms with van der Waals surface area (Å²) in [5, 5.41) is 0. The second kappa shape index (κ2) is 6.46. The Morgan fingerprint density at radius 2 is 2.05 bits per heavy atom. The first-order valence-electron chi connectivity index (χ1n) is 7.42. The molecule has 1 amide bonds. The van der Waals surface area contributed by atoms with Gasteiger partial charge in [0.1, 0.15) is 0 Å². The maximum absolute atomic E-state index is 11.7. The van der Waals surface area contributed by atoms with Crippen LogP contribution in [-0.2, 0) is 4.79 Å². The SMILES string of the molecule is CCC(N)C(c1ccc(Br)cc1)N1CCC(C)(C(N)=O)C1. The molecule has 0 radical (unpaired) electrons. The molecule has 3 unspecified atom stereocenters. The van der Waals surface area contributed by atoms with E-state index in [1.165, 1.54) is 5.56 Å². The molecule has 1 saturated heterocycles. The summed E-state index contributed by atoms with van der Waals surface area (Å²) in [6.07, 6.45) is 1.69. The molecule has 0 aliphatic carbocycles. The molecule has 1 aliphatic rings. The summed E-state index contributed by atoms with van der Waals surface area (Å²) < 4.78 is 1.05. The molecule has 4 nitrogen and oxygen atoms in total. The largest absolute Gasteiger partial charge is 0.369 e. The van der Waals surface area contributed by atoms with Gasteiger partial charge in [0.25, 0.3) is 0 Å². The lowest BCUT2D eigenvalue weighted by Gasteiger charge is -2.33. The Labute approximate surface area is 135 Å². The van der Waals surface area contributed by atoms with Gasteiger partial charge in [-0.3, -0.25) is 9.69 Å². The summed E-state index contributed by atoms with van der Waals surface area (Å²) in [5.74, 6) is -0.218. The fraction of sp³-hybridized carbons (Fsp3) is 0.562. The first-order valence-corrected chi connectivity index (χ1v) is 8.21. The van der Waals surface area contributed by atoms with Gasteiger partial charge in [0.15, 0.2) is 0 Å². The summed E-state index contributed by atoms with van der Waals surface area (Å²) in [7, 11) is 0. The van der Waals surface area contributed by atoms with Gasteiger partial charge in [-0.05, 0) is 44.0 Å². The minimum Gasteiger partial charge on any atom is -0.369 e. The minimum atomic E-state index is -0.443. The van der Waals surface area contributed by atoms with Gasteiger partial charge in [-0.1, -0.05) is 35.0 Å². The van der Waals surface area contributed by atoms with Gasteiger partial charge >= 0.3 is 0 Å². The number of benzene rings is 1. The van der Waals surface area contributed by atoms with Crippen molar-refractivity contribution in [2.45, 2.75) is 38.8 Å². The molecule has 1 aromatic carbocycles. The molecule has 2 rings (SSSR count). The predicted molar refractivity (Wildman–Crippen MR) is 88.6 cm³/mol. The number of rotatable bonds is 5. The Morgan fingerprint density at radius 1 is 1.43 bits per heavy atom. The number of carbonyl (C=O) groups excluding carboxylic acids is 1. The number of halogens is 1. The van der Waals surface area contributed by atoms with Crippen molar-refractivity contribution in [2.24, 2.45) is 16.9 Å². The molecule has 0 saturated carbocycles. The topological polar surface area (TPSA) is 72.3 Å². The Bertz CT molecular complexity index is 505. The fourth-order valence-electron chi connectivity index (χ4n) is 3.05. The molecule has 0 spiro atoms. The van der Waals surface area contributed by atoms with Crippen LogP contribution in [0.4, 0.5) is 0 Å². The molecule has 1 heterocycles. The van der Waals surface area contributed by atoms with Gasteiger partial charge in [-0.15, -0.1) is 0 Å². The van der Waals surface area contributed by atoms with Crippen molar-refractivity contribution in [3.05, 3.63) is 34.3 Å². The number of carbonyl (C=O) groups is 1. The van der Waals surface area contributed by atoms with Crippen LogP contribution in [0, 0.1) is 5.41 Å². The zero-order valence-electron chi connectivity index (χ0n) is 12.7. The van der Waals surface area contributed by atoms with Gasteiger partial charge in [0.05, 0.1) is 5.41 Å². The first kappa shape index (κ1) is 16.5. The molecule has 0 bridgehead atoms. The molecule has 3 atom stereocenters. The van der Waals surface area contributed by atoms with Crippen molar-refractivity contribution in [1.82, 2.24) is 4.90 Å². The number of likely N-dealkylation sites (tertiary alicyclic amines) is 1. The molecule has 21 heavy (non-hydrogen) atoms. The highest BCUT2D eigenvalue weighted by Gasteiger charge is 2.42. The fourth-order valence-corrected chi connectivity index (χ4v) is 3.31. The normalized spacial score (nSPS) is 25.7. The van der Waals surface area contributed by atoms with Crippen molar-refractivity contribution in [1.29, 1.82) is 0 Å². The van der Waals surface area contributed by atoms with Crippen LogP contribution in [0.25, 0.3) is 0 Å². The summed E-state index contributed by atoms with van der Waals surface area (Å²) in [6.45, 7) is 5.58. The highest BCUT2D eigenvalue weighted by Crippen LogP contribution is 2.37. The Hall–Kier alpha value is -0.910. The molecular weight excluding hydrogens is 330 g/mol. The van der Waals surface area contributed by atoms with Gasteiger partial charge in [-0.2, -0.15) is 0 Å². The van der Waals surface area contributed by atoms with Gasteiger partial charge in [-0.25, -0.2) is 0 Å². The predicted octanol–water partition coefficient (Wildman–Crippen LogP) is 2.42. The van der Waals surface area contributed by atoms with Crippen LogP contribution in [-0.4, -0.2) is 29.9 Å². The van der Waals surface area contributed by atoms with E-state index in [1.807, 2.05) is 19.1 Å². The smallest absolute Gasteiger partial charge is 0.224 e. The molecule has 116 valence electrons. The molecule has 1 aliphatic heterocycles. The number of amides is 1. The van der Waals surface area contributed by atoms with Gasteiger partial charge in [0, 0.05) is 23.1 Å². The summed E-state index contributed by atoms with van der Waals surface area (Å²) in [5.41, 5.74) is 12.7. The van der Waals surface area contributed by atoms with Crippen LogP contribution in [0.15, 0.2) is 28.7 Å². The minimum absolute atomic E-state index is 0.0430. The Morgan fingerprint density at radius 3 is 2.52 bits per heavy atom. The lowest BCUT2D eigenvalue weighted by Crippen LogP contribution is -2.42. The van der Waals surface area contributed by atoms with Crippen molar-refractivity contribution in [2.75, 3.05) is 13.1 Å². The van der Waals surface area contributed by atoms with Gasteiger partial charge in [0.2, 0.25) is 5.91 Å².